The van der Waals surface area contributed by atoms with Gasteiger partial charge in [-0.3, -0.25) is 0 Å². The quantitative estimate of drug-likeness (QED) is 0.200. The summed E-state index contributed by atoms with van der Waals surface area (Å²) in [7, 11) is 0. The number of aliphatic hydroxyl groups excluding tert-OH is 5. The van der Waals surface area contributed by atoms with Crippen LogP contribution in [0.3, 0.4) is 0 Å². The normalized spacial score (nSPS) is 17.9. The number of ether oxygens (including phenoxy) is 1. The Morgan fingerprint density at radius 3 is 2.22 bits per heavy atom. The Labute approximate surface area is 142 Å². The van der Waals surface area contributed by atoms with Crippen molar-refractivity contribution in [2.75, 3.05) is 26.4 Å². The van der Waals surface area contributed by atoms with Crippen LogP contribution in [0.1, 0.15) is 26.7 Å². The van der Waals surface area contributed by atoms with Crippen molar-refractivity contribution < 1.29 is 30.3 Å². The standard InChI is InChI=1S/C14H30N2O6S/c1-3-9(18)5-11(19)10(16-14(23)15-4-2)7-22-8-13(21)12(20)6-17/h9-13,17-21H,3-8H2,1-2H3,(H2,15,16,23). The van der Waals surface area contributed by atoms with E-state index >= 15 is 0 Å². The topological polar surface area (TPSA) is 134 Å². The highest BCUT2D eigenvalue weighted by molar-refractivity contribution is 7.80. The van der Waals surface area contributed by atoms with E-state index in [-0.39, 0.29) is 19.6 Å². The van der Waals surface area contributed by atoms with E-state index in [0.717, 1.165) is 0 Å². The first-order chi connectivity index (χ1) is 10.8. The highest BCUT2D eigenvalue weighted by atomic mass is 32.1. The van der Waals surface area contributed by atoms with Gasteiger partial charge < -0.3 is 40.9 Å². The fourth-order valence-corrected chi connectivity index (χ4v) is 2.08. The first-order valence-electron chi connectivity index (χ1n) is 7.80. The zero-order valence-corrected chi connectivity index (χ0v) is 14.5. The molecule has 0 aliphatic carbocycles. The van der Waals surface area contributed by atoms with E-state index in [0.29, 0.717) is 18.1 Å². The Bertz CT molecular complexity index is 324. The molecule has 5 unspecified atom stereocenters. The molecular formula is C14H30N2O6S. The highest BCUT2D eigenvalue weighted by Gasteiger charge is 2.24. The van der Waals surface area contributed by atoms with Gasteiger partial charge in [-0.25, -0.2) is 0 Å². The van der Waals surface area contributed by atoms with Crippen molar-refractivity contribution in [1.82, 2.24) is 10.6 Å². The Morgan fingerprint density at radius 2 is 1.70 bits per heavy atom. The molecule has 0 heterocycles. The largest absolute Gasteiger partial charge is 0.394 e. The zero-order chi connectivity index (χ0) is 17.8. The predicted octanol–water partition coefficient (Wildman–Crippen LogP) is -1.91. The molecule has 8 nitrogen and oxygen atoms in total. The second kappa shape index (κ2) is 12.8. The molecule has 0 radical (unpaired) electrons. The van der Waals surface area contributed by atoms with Crippen LogP contribution in [-0.2, 0) is 4.74 Å². The van der Waals surface area contributed by atoms with Crippen LogP contribution in [0, 0.1) is 0 Å². The second-order valence-corrected chi connectivity index (χ2v) is 5.74. The summed E-state index contributed by atoms with van der Waals surface area (Å²) < 4.78 is 5.28. The van der Waals surface area contributed by atoms with Gasteiger partial charge in [0.05, 0.1) is 38.1 Å². The lowest BCUT2D eigenvalue weighted by atomic mass is 10.0. The number of nitrogens with one attached hydrogen (secondary N) is 2. The van der Waals surface area contributed by atoms with Crippen molar-refractivity contribution in [2.45, 2.75) is 57.1 Å². The SMILES string of the molecule is CCNC(=S)NC(COCC(O)C(O)CO)C(O)CC(O)CC. The van der Waals surface area contributed by atoms with Crippen LogP contribution < -0.4 is 10.6 Å². The molecule has 0 aromatic rings. The summed E-state index contributed by atoms with van der Waals surface area (Å²) in [6.45, 7) is 3.56. The third-order valence-electron chi connectivity index (χ3n) is 3.32. The van der Waals surface area contributed by atoms with Crippen molar-refractivity contribution in [3.8, 4) is 0 Å². The lowest BCUT2D eigenvalue weighted by Crippen LogP contribution is -2.51. The second-order valence-electron chi connectivity index (χ2n) is 5.33. The van der Waals surface area contributed by atoms with E-state index in [9.17, 15) is 20.4 Å². The molecule has 0 amide bonds. The van der Waals surface area contributed by atoms with Gasteiger partial charge in [-0.2, -0.15) is 0 Å². The number of thiocarbonyl (C=S) groups is 1. The van der Waals surface area contributed by atoms with Crippen molar-refractivity contribution in [1.29, 1.82) is 0 Å². The van der Waals surface area contributed by atoms with Crippen molar-refractivity contribution in [3.05, 3.63) is 0 Å². The maximum absolute atomic E-state index is 10.2. The lowest BCUT2D eigenvalue weighted by Gasteiger charge is -2.27. The number of hydrogen-bond donors (Lipinski definition) is 7. The molecule has 9 heteroatoms. The monoisotopic (exact) mass is 354 g/mol. The van der Waals surface area contributed by atoms with E-state index in [1.807, 2.05) is 13.8 Å². The maximum atomic E-state index is 10.2. The molecule has 7 N–H and O–H groups in total. The summed E-state index contributed by atoms with van der Waals surface area (Å²) in [5.41, 5.74) is 0. The predicted molar refractivity (Wildman–Crippen MR) is 90.0 cm³/mol. The summed E-state index contributed by atoms with van der Waals surface area (Å²) in [6, 6.07) is -0.582. The fourth-order valence-electron chi connectivity index (χ4n) is 1.79. The molecule has 0 aromatic heterocycles. The van der Waals surface area contributed by atoms with Gasteiger partial charge in [0.2, 0.25) is 0 Å². The van der Waals surface area contributed by atoms with Crippen LogP contribution in [0.15, 0.2) is 0 Å². The minimum atomic E-state index is -1.28. The average Bonchev–Trinajstić information content (AvgIpc) is 2.52. The van der Waals surface area contributed by atoms with Crippen molar-refractivity contribution in [3.63, 3.8) is 0 Å². The molecule has 0 aliphatic heterocycles. The first kappa shape index (κ1) is 22.4. The molecule has 0 aromatic carbocycles. The van der Waals surface area contributed by atoms with E-state index in [2.05, 4.69) is 10.6 Å². The van der Waals surface area contributed by atoms with Gasteiger partial charge in [0.15, 0.2) is 5.11 Å². The van der Waals surface area contributed by atoms with Gasteiger partial charge in [-0.05, 0) is 25.6 Å². The summed E-state index contributed by atoms with van der Waals surface area (Å²) in [6.07, 6.45) is -3.36. The molecule has 0 spiro atoms. The Balaban J connectivity index is 4.49. The minimum Gasteiger partial charge on any atom is -0.394 e. The van der Waals surface area contributed by atoms with Crippen LogP contribution in [0.2, 0.25) is 0 Å². The Morgan fingerprint density at radius 1 is 1.04 bits per heavy atom. The summed E-state index contributed by atoms with van der Waals surface area (Å²) in [4.78, 5) is 0. The zero-order valence-electron chi connectivity index (χ0n) is 13.7. The number of aliphatic hydroxyl groups is 5. The van der Waals surface area contributed by atoms with Gasteiger partial charge in [-0.1, -0.05) is 6.92 Å². The summed E-state index contributed by atoms with van der Waals surface area (Å²) in [5.74, 6) is 0. The van der Waals surface area contributed by atoms with Gasteiger partial charge in [0.25, 0.3) is 0 Å². The molecule has 0 aliphatic rings. The molecular weight excluding hydrogens is 324 g/mol. The molecule has 0 saturated heterocycles. The van der Waals surface area contributed by atoms with Crippen LogP contribution in [0.25, 0.3) is 0 Å². The van der Waals surface area contributed by atoms with Gasteiger partial charge in [0.1, 0.15) is 12.2 Å². The average molecular weight is 354 g/mol. The maximum Gasteiger partial charge on any atom is 0.166 e. The lowest BCUT2D eigenvalue weighted by molar-refractivity contribution is -0.0649. The third-order valence-corrected chi connectivity index (χ3v) is 3.58. The fraction of sp³-hybridized carbons (Fsp3) is 0.929. The van der Waals surface area contributed by atoms with Crippen LogP contribution in [0.4, 0.5) is 0 Å². The van der Waals surface area contributed by atoms with Crippen molar-refractivity contribution >= 4 is 17.3 Å². The van der Waals surface area contributed by atoms with Crippen LogP contribution >= 0.6 is 12.2 Å². The van der Waals surface area contributed by atoms with Gasteiger partial charge in [0, 0.05) is 13.0 Å². The third kappa shape index (κ3) is 10.0. The highest BCUT2D eigenvalue weighted by Crippen LogP contribution is 2.07. The first-order valence-corrected chi connectivity index (χ1v) is 8.21. The van der Waals surface area contributed by atoms with Gasteiger partial charge in [-0.15, -0.1) is 0 Å². The number of rotatable bonds is 12. The molecule has 0 bridgehead atoms. The Kier molecular flexibility index (Phi) is 12.5. The molecule has 5 atom stereocenters. The van der Waals surface area contributed by atoms with Crippen LogP contribution in [0.5, 0.6) is 0 Å². The molecule has 0 fully saturated rings. The summed E-state index contributed by atoms with van der Waals surface area (Å²) >= 11 is 5.08. The van der Waals surface area contributed by atoms with E-state index in [4.69, 9.17) is 22.1 Å². The smallest absolute Gasteiger partial charge is 0.166 e. The van der Waals surface area contributed by atoms with Crippen LogP contribution in [-0.4, -0.2) is 87.5 Å². The van der Waals surface area contributed by atoms with Crippen molar-refractivity contribution in [2.24, 2.45) is 0 Å². The Hall–Kier alpha value is -0.550. The minimum absolute atomic E-state index is 0.0122. The molecule has 138 valence electrons. The van der Waals surface area contributed by atoms with Gasteiger partial charge >= 0.3 is 0 Å². The van der Waals surface area contributed by atoms with E-state index < -0.39 is 37.1 Å². The van der Waals surface area contributed by atoms with E-state index in [1.165, 1.54) is 0 Å². The molecule has 0 saturated carbocycles. The van der Waals surface area contributed by atoms with E-state index in [1.54, 1.807) is 0 Å². The molecule has 23 heavy (non-hydrogen) atoms. The summed E-state index contributed by atoms with van der Waals surface area (Å²) in [5, 5.41) is 53.5. The molecule has 0 rings (SSSR count). The number of hydrogen-bond acceptors (Lipinski definition) is 7.